The van der Waals surface area contributed by atoms with Gasteiger partial charge in [0.15, 0.2) is 5.96 Å². The number of halogens is 1. The summed E-state index contributed by atoms with van der Waals surface area (Å²) in [6.07, 6.45) is 2.34. The molecule has 1 aliphatic heterocycles. The predicted molar refractivity (Wildman–Crippen MR) is 131 cm³/mol. The van der Waals surface area contributed by atoms with Crippen LogP contribution in [0.1, 0.15) is 32.4 Å². The number of hydrogen-bond acceptors (Lipinski definition) is 4. The molecule has 2 N–H and O–H groups in total. The molecular weight excluding hydrogens is 497 g/mol. The minimum Gasteiger partial charge on any atom is -0.357 e. The van der Waals surface area contributed by atoms with Crippen molar-refractivity contribution < 1.29 is 4.79 Å². The van der Waals surface area contributed by atoms with Crippen LogP contribution in [0.3, 0.4) is 0 Å². The van der Waals surface area contributed by atoms with Crippen LogP contribution in [0.25, 0.3) is 10.6 Å². The van der Waals surface area contributed by atoms with Crippen LogP contribution >= 0.6 is 35.3 Å². The van der Waals surface area contributed by atoms with Gasteiger partial charge in [0.25, 0.3) is 0 Å². The van der Waals surface area contributed by atoms with E-state index in [1.165, 1.54) is 0 Å². The van der Waals surface area contributed by atoms with Gasteiger partial charge in [-0.1, -0.05) is 37.3 Å². The van der Waals surface area contributed by atoms with Gasteiger partial charge in [-0.05, 0) is 13.3 Å². The summed E-state index contributed by atoms with van der Waals surface area (Å²) >= 11 is 1.67. The third-order valence-electron chi connectivity index (χ3n) is 4.74. The van der Waals surface area contributed by atoms with E-state index in [2.05, 4.69) is 35.1 Å². The van der Waals surface area contributed by atoms with Gasteiger partial charge in [-0.25, -0.2) is 4.98 Å². The van der Waals surface area contributed by atoms with Gasteiger partial charge in [0.2, 0.25) is 5.91 Å². The quantitative estimate of drug-likeness (QED) is 0.329. The van der Waals surface area contributed by atoms with Crippen LogP contribution in [0.4, 0.5) is 0 Å². The summed E-state index contributed by atoms with van der Waals surface area (Å²) in [6, 6.07) is 10.5. The monoisotopic (exact) mass is 527 g/mol. The zero-order valence-corrected chi connectivity index (χ0v) is 20.2. The number of guanidine groups is 1. The Morgan fingerprint density at radius 3 is 2.83 bits per heavy atom. The van der Waals surface area contributed by atoms with E-state index in [-0.39, 0.29) is 35.9 Å². The fourth-order valence-electron chi connectivity index (χ4n) is 3.26. The van der Waals surface area contributed by atoms with E-state index in [9.17, 15) is 4.79 Å². The summed E-state index contributed by atoms with van der Waals surface area (Å²) in [5.41, 5.74) is 2.23. The van der Waals surface area contributed by atoms with Crippen molar-refractivity contribution in [1.82, 2.24) is 20.5 Å². The molecule has 1 unspecified atom stereocenters. The van der Waals surface area contributed by atoms with Gasteiger partial charge in [-0.2, -0.15) is 0 Å². The van der Waals surface area contributed by atoms with Crippen molar-refractivity contribution in [2.24, 2.45) is 4.99 Å². The molecule has 0 radical (unpaired) electrons. The van der Waals surface area contributed by atoms with Crippen molar-refractivity contribution in [2.75, 3.05) is 26.2 Å². The lowest BCUT2D eigenvalue weighted by molar-refractivity contribution is -0.129. The lowest BCUT2D eigenvalue weighted by Crippen LogP contribution is -2.45. The molecular formula is C21H30IN5OS. The maximum Gasteiger partial charge on any atom is 0.222 e. The molecule has 6 nitrogen and oxygen atoms in total. The van der Waals surface area contributed by atoms with Gasteiger partial charge in [0, 0.05) is 56.0 Å². The Labute approximate surface area is 194 Å². The summed E-state index contributed by atoms with van der Waals surface area (Å²) < 4.78 is 0. The van der Waals surface area contributed by atoms with E-state index in [0.29, 0.717) is 13.0 Å². The highest BCUT2D eigenvalue weighted by Gasteiger charge is 2.25. The van der Waals surface area contributed by atoms with Crippen molar-refractivity contribution in [3.63, 3.8) is 0 Å². The van der Waals surface area contributed by atoms with E-state index in [1.807, 2.05) is 30.0 Å². The molecule has 1 aliphatic rings. The molecule has 1 aromatic heterocycles. The first-order chi connectivity index (χ1) is 13.7. The van der Waals surface area contributed by atoms with E-state index < -0.39 is 0 Å². The maximum absolute atomic E-state index is 11.9. The third-order valence-corrected chi connectivity index (χ3v) is 5.68. The smallest absolute Gasteiger partial charge is 0.222 e. The third kappa shape index (κ3) is 6.95. The van der Waals surface area contributed by atoms with Crippen molar-refractivity contribution in [2.45, 2.75) is 39.2 Å². The van der Waals surface area contributed by atoms with Gasteiger partial charge in [0.05, 0.1) is 5.69 Å². The molecule has 2 heterocycles. The Balaban J connectivity index is 0.00000300. The number of aliphatic imine (C=N–C) groups is 1. The second-order valence-corrected chi connectivity index (χ2v) is 7.70. The molecule has 0 aliphatic carbocycles. The predicted octanol–water partition coefficient (Wildman–Crippen LogP) is 3.54. The zero-order chi connectivity index (χ0) is 19.8. The maximum atomic E-state index is 11.9. The van der Waals surface area contributed by atoms with Gasteiger partial charge < -0.3 is 15.5 Å². The molecule has 1 saturated heterocycles. The Kier molecular flexibility index (Phi) is 9.86. The van der Waals surface area contributed by atoms with Crippen molar-refractivity contribution in [1.29, 1.82) is 0 Å². The van der Waals surface area contributed by atoms with Crippen LogP contribution in [0.5, 0.6) is 0 Å². The minimum absolute atomic E-state index is 0. The number of nitrogens with zero attached hydrogens (tertiary/aromatic N) is 3. The first kappa shape index (κ1) is 23.6. The molecule has 0 bridgehead atoms. The van der Waals surface area contributed by atoms with Crippen LogP contribution < -0.4 is 10.6 Å². The van der Waals surface area contributed by atoms with E-state index in [4.69, 9.17) is 9.98 Å². The number of nitrogens with one attached hydrogen (secondary N) is 2. The lowest BCUT2D eigenvalue weighted by Gasteiger charge is -2.18. The summed E-state index contributed by atoms with van der Waals surface area (Å²) in [6.45, 7) is 7.04. The van der Waals surface area contributed by atoms with Gasteiger partial charge in [0.1, 0.15) is 5.01 Å². The second-order valence-electron chi connectivity index (χ2n) is 6.84. The molecule has 8 heteroatoms. The number of rotatable bonds is 7. The fourth-order valence-corrected chi connectivity index (χ4v) is 4.12. The van der Waals surface area contributed by atoms with Gasteiger partial charge in [-0.15, -0.1) is 35.3 Å². The SMILES string of the molecule is CCNC(=NCCc1csc(-c2ccccc2)n1)NC1CCN(C(=O)CC)C1.I. The molecule has 1 fully saturated rings. The highest BCUT2D eigenvalue weighted by atomic mass is 127. The molecule has 0 saturated carbocycles. The van der Waals surface area contributed by atoms with Crippen molar-refractivity contribution in [3.05, 3.63) is 41.4 Å². The Bertz CT molecular complexity index is 795. The van der Waals surface area contributed by atoms with Crippen LogP contribution in [0.2, 0.25) is 0 Å². The fraction of sp³-hybridized carbons (Fsp3) is 0.476. The zero-order valence-electron chi connectivity index (χ0n) is 17.1. The largest absolute Gasteiger partial charge is 0.357 e. The lowest BCUT2D eigenvalue weighted by atomic mass is 10.2. The highest BCUT2D eigenvalue weighted by Crippen LogP contribution is 2.23. The van der Waals surface area contributed by atoms with E-state index in [1.54, 1.807) is 11.3 Å². The number of benzene rings is 1. The molecule has 158 valence electrons. The normalized spacial score (nSPS) is 16.4. The van der Waals surface area contributed by atoms with E-state index >= 15 is 0 Å². The Morgan fingerprint density at radius 1 is 1.31 bits per heavy atom. The Hall–Kier alpha value is -1.68. The number of carbonyl (C=O) groups excluding carboxylic acids is 1. The molecule has 29 heavy (non-hydrogen) atoms. The first-order valence-corrected chi connectivity index (χ1v) is 10.9. The van der Waals surface area contributed by atoms with E-state index in [0.717, 1.165) is 54.7 Å². The van der Waals surface area contributed by atoms with Crippen LogP contribution in [-0.4, -0.2) is 54.0 Å². The number of amides is 1. The molecule has 1 atom stereocenters. The van der Waals surface area contributed by atoms with Crippen molar-refractivity contribution >= 4 is 47.2 Å². The average molecular weight is 527 g/mol. The van der Waals surface area contributed by atoms with Crippen LogP contribution in [0, 0.1) is 0 Å². The Morgan fingerprint density at radius 2 is 2.10 bits per heavy atom. The first-order valence-electron chi connectivity index (χ1n) is 10.0. The average Bonchev–Trinajstić information content (AvgIpc) is 3.38. The second kappa shape index (κ2) is 12.1. The topological polar surface area (TPSA) is 69.6 Å². The van der Waals surface area contributed by atoms with Crippen LogP contribution in [0.15, 0.2) is 40.7 Å². The molecule has 0 spiro atoms. The summed E-state index contributed by atoms with van der Waals surface area (Å²) in [5, 5.41) is 9.94. The summed E-state index contributed by atoms with van der Waals surface area (Å²) in [5.74, 6) is 1.04. The number of hydrogen-bond donors (Lipinski definition) is 2. The number of likely N-dealkylation sites (tertiary alicyclic amines) is 1. The standard InChI is InChI=1S/C21H29N5OS.HI/c1-3-19(27)26-13-11-17(14-26)25-21(22-4-2)23-12-10-18-15-28-20(24-18)16-8-6-5-7-9-16;/h5-9,15,17H,3-4,10-14H2,1-2H3,(H2,22,23,25);1H. The van der Waals surface area contributed by atoms with Gasteiger partial charge >= 0.3 is 0 Å². The highest BCUT2D eigenvalue weighted by molar-refractivity contribution is 14.0. The molecule has 3 rings (SSSR count). The minimum atomic E-state index is 0. The molecule has 1 aromatic carbocycles. The van der Waals surface area contributed by atoms with Crippen LogP contribution in [-0.2, 0) is 11.2 Å². The number of aromatic nitrogens is 1. The summed E-state index contributed by atoms with van der Waals surface area (Å²) in [7, 11) is 0. The summed E-state index contributed by atoms with van der Waals surface area (Å²) in [4.78, 5) is 23.2. The number of thiazole rings is 1. The number of carbonyl (C=O) groups is 1. The van der Waals surface area contributed by atoms with Gasteiger partial charge in [-0.3, -0.25) is 9.79 Å². The molecule has 2 aromatic rings. The molecule has 1 amide bonds. The van der Waals surface area contributed by atoms with Crippen molar-refractivity contribution in [3.8, 4) is 10.6 Å².